The van der Waals surface area contributed by atoms with E-state index in [1.54, 1.807) is 13.8 Å². The lowest BCUT2D eigenvalue weighted by Gasteiger charge is -2.11. The van der Waals surface area contributed by atoms with Crippen LogP contribution in [0.1, 0.15) is 13.8 Å². The quantitative estimate of drug-likeness (QED) is 0.519. The Balaban J connectivity index is 3.03. The van der Waals surface area contributed by atoms with Crippen LogP contribution in [0.5, 0.6) is 0 Å². The first-order valence-electron chi connectivity index (χ1n) is 2.88. The van der Waals surface area contributed by atoms with Gasteiger partial charge in [-0.15, -0.1) is 0 Å². The Morgan fingerprint density at radius 3 is 2.60 bits per heavy atom. The van der Waals surface area contributed by atoms with Crippen LogP contribution in [0.3, 0.4) is 0 Å². The van der Waals surface area contributed by atoms with Crippen molar-refractivity contribution in [2.75, 3.05) is 6.61 Å². The lowest BCUT2D eigenvalue weighted by molar-refractivity contribution is -0.117. The Hall–Kier alpha value is -0.480. The number of rotatable bonds is 0. The predicted octanol–water partition coefficient (Wildman–Crippen LogP) is 0.543. The average molecular weight is 160 g/mol. The number of Topliss-reactive ketones (excluding diaryl/α,β-unsaturated/α-hetero) is 1. The Labute approximate surface area is 61.7 Å². The number of hydrogen-bond acceptors (Lipinski definition) is 3. The smallest absolute Gasteiger partial charge is 0.186 e. The van der Waals surface area contributed by atoms with E-state index in [0.29, 0.717) is 10.5 Å². The van der Waals surface area contributed by atoms with E-state index in [1.807, 2.05) is 0 Å². The Morgan fingerprint density at radius 1 is 1.50 bits per heavy atom. The second kappa shape index (κ2) is 2.64. The minimum atomic E-state index is -1.38. The van der Waals surface area contributed by atoms with Crippen LogP contribution < -0.4 is 0 Å². The molecule has 0 N–H and O–H groups in total. The monoisotopic (exact) mass is 160 g/mol. The maximum Gasteiger partial charge on any atom is 0.186 e. The molecule has 0 saturated heterocycles. The molecule has 0 fully saturated rings. The van der Waals surface area contributed by atoms with E-state index in [-0.39, 0.29) is 12.4 Å². The summed E-state index contributed by atoms with van der Waals surface area (Å²) in [7, 11) is 0. The van der Waals surface area contributed by atoms with Crippen LogP contribution in [-0.4, -0.2) is 16.6 Å². The lowest BCUT2D eigenvalue weighted by Crippen LogP contribution is -2.19. The molecular formula is C6H8O3S. The van der Waals surface area contributed by atoms with E-state index in [1.165, 1.54) is 0 Å². The molecule has 0 radical (unpaired) electrons. The van der Waals surface area contributed by atoms with Crippen LogP contribution in [0, 0.1) is 0 Å². The van der Waals surface area contributed by atoms with Crippen molar-refractivity contribution < 1.29 is 13.2 Å². The summed E-state index contributed by atoms with van der Waals surface area (Å²) in [4.78, 5) is 11.4. The van der Waals surface area contributed by atoms with Gasteiger partial charge in [0.05, 0.1) is 0 Å². The molecule has 0 amide bonds. The molecule has 3 nitrogen and oxygen atoms in total. The van der Waals surface area contributed by atoms with Crippen molar-refractivity contribution in [1.82, 2.24) is 0 Å². The molecule has 0 aromatic heterocycles. The van der Waals surface area contributed by atoms with Crippen molar-refractivity contribution in [3.8, 4) is 0 Å². The van der Waals surface area contributed by atoms with E-state index in [0.717, 1.165) is 0 Å². The summed E-state index contributed by atoms with van der Waals surface area (Å²) in [6.07, 6.45) is 0. The summed E-state index contributed by atoms with van der Waals surface area (Å²) in [6.45, 7) is 3.26. The van der Waals surface area contributed by atoms with Gasteiger partial charge in [-0.2, -0.15) is 0 Å². The van der Waals surface area contributed by atoms with Crippen molar-refractivity contribution in [3.05, 3.63) is 10.5 Å². The van der Waals surface area contributed by atoms with Crippen molar-refractivity contribution >= 4 is 16.9 Å². The first-order valence-corrected chi connectivity index (χ1v) is 3.96. The molecular weight excluding hydrogens is 152 g/mol. The fourth-order valence-electron chi connectivity index (χ4n) is 0.625. The van der Waals surface area contributed by atoms with Crippen molar-refractivity contribution in [2.24, 2.45) is 0 Å². The topological polar surface area (TPSA) is 43.4 Å². The van der Waals surface area contributed by atoms with Gasteiger partial charge < -0.3 is 0 Å². The summed E-state index contributed by atoms with van der Waals surface area (Å²) < 4.78 is 15.5. The van der Waals surface area contributed by atoms with Gasteiger partial charge in [0, 0.05) is 10.5 Å². The van der Waals surface area contributed by atoms with E-state index >= 15 is 0 Å². The summed E-state index contributed by atoms with van der Waals surface area (Å²) >= 11 is -1.38. The maximum atomic E-state index is 10.8. The van der Waals surface area contributed by atoms with Crippen LogP contribution in [-0.2, 0) is 20.1 Å². The first-order chi connectivity index (χ1) is 4.63. The summed E-state index contributed by atoms with van der Waals surface area (Å²) in [5, 5.41) is 0. The highest BCUT2D eigenvalue weighted by molar-refractivity contribution is 7.84. The second-order valence-corrected chi connectivity index (χ2v) is 3.42. The molecule has 0 spiro atoms. The second-order valence-electron chi connectivity index (χ2n) is 2.10. The molecule has 56 valence electrons. The fourth-order valence-corrected chi connectivity index (χ4v) is 1.38. The fraction of sp³-hybridized carbons (Fsp3) is 0.500. The highest BCUT2D eigenvalue weighted by Crippen LogP contribution is 2.15. The van der Waals surface area contributed by atoms with Crippen LogP contribution in [0.4, 0.5) is 0 Å². The molecule has 0 saturated carbocycles. The molecule has 0 bridgehead atoms. The predicted molar refractivity (Wildman–Crippen MR) is 37.5 cm³/mol. The minimum Gasteiger partial charge on any atom is -0.292 e. The largest absolute Gasteiger partial charge is 0.292 e. The van der Waals surface area contributed by atoms with Crippen LogP contribution >= 0.6 is 0 Å². The van der Waals surface area contributed by atoms with Gasteiger partial charge in [0.2, 0.25) is 0 Å². The molecule has 0 aliphatic carbocycles. The van der Waals surface area contributed by atoms with Gasteiger partial charge in [-0.05, 0) is 13.8 Å². The van der Waals surface area contributed by atoms with Gasteiger partial charge in [-0.1, -0.05) is 0 Å². The van der Waals surface area contributed by atoms with E-state index in [4.69, 9.17) is 0 Å². The zero-order chi connectivity index (χ0) is 7.72. The highest BCUT2D eigenvalue weighted by Gasteiger charge is 2.19. The van der Waals surface area contributed by atoms with Gasteiger partial charge in [0.15, 0.2) is 16.9 Å². The van der Waals surface area contributed by atoms with Crippen LogP contribution in [0.25, 0.3) is 0 Å². The Morgan fingerprint density at radius 2 is 2.10 bits per heavy atom. The number of allylic oxidation sites excluding steroid dienone is 1. The molecule has 0 aromatic rings. The molecule has 1 rings (SSSR count). The number of hydrogen-bond donors (Lipinski definition) is 0. The van der Waals surface area contributed by atoms with Gasteiger partial charge in [0.25, 0.3) is 0 Å². The third-order valence-corrected chi connectivity index (χ3v) is 2.63. The third kappa shape index (κ3) is 1.17. The van der Waals surface area contributed by atoms with Gasteiger partial charge in [-0.3, -0.25) is 8.98 Å². The summed E-state index contributed by atoms with van der Waals surface area (Å²) in [5.74, 6) is -0.0721. The standard InChI is InChI=1S/C6H8O3S/c1-4-5(2)10(8)9-3-6(4)7/h3H2,1-2H3. The number of ketones is 1. The third-order valence-electron chi connectivity index (χ3n) is 1.49. The van der Waals surface area contributed by atoms with Crippen LogP contribution in [0.15, 0.2) is 10.5 Å². The molecule has 1 heterocycles. The van der Waals surface area contributed by atoms with Crippen molar-refractivity contribution in [3.63, 3.8) is 0 Å². The zero-order valence-corrected chi connectivity index (χ0v) is 6.66. The molecule has 4 heteroatoms. The molecule has 0 aromatic carbocycles. The van der Waals surface area contributed by atoms with Crippen molar-refractivity contribution in [2.45, 2.75) is 13.8 Å². The molecule has 1 aliphatic rings. The SMILES string of the molecule is CC1=C(C)S(=O)OCC1=O. The van der Waals surface area contributed by atoms with E-state index < -0.39 is 11.1 Å². The molecule has 10 heavy (non-hydrogen) atoms. The average Bonchev–Trinajstić information content (AvgIpc) is 1.93. The zero-order valence-electron chi connectivity index (χ0n) is 5.84. The Bertz CT molecular complexity index is 205. The number of carbonyl (C=O) groups is 1. The molecule has 1 aliphatic heterocycles. The summed E-state index contributed by atoms with van der Waals surface area (Å²) in [5.41, 5.74) is 0.574. The van der Waals surface area contributed by atoms with Gasteiger partial charge in [-0.25, -0.2) is 4.21 Å². The van der Waals surface area contributed by atoms with Crippen molar-refractivity contribution in [1.29, 1.82) is 0 Å². The molecule has 1 atom stereocenters. The van der Waals surface area contributed by atoms with Gasteiger partial charge in [0.1, 0.15) is 6.61 Å². The van der Waals surface area contributed by atoms with E-state index in [9.17, 15) is 9.00 Å². The first kappa shape index (κ1) is 7.63. The minimum absolute atomic E-state index is 0.0458. The lowest BCUT2D eigenvalue weighted by atomic mass is 10.2. The number of carbonyl (C=O) groups excluding carboxylic acids is 1. The summed E-state index contributed by atoms with van der Waals surface area (Å²) in [6, 6.07) is 0. The van der Waals surface area contributed by atoms with E-state index in [2.05, 4.69) is 4.18 Å². The Kier molecular flexibility index (Phi) is 2.01. The van der Waals surface area contributed by atoms with Gasteiger partial charge >= 0.3 is 0 Å². The highest BCUT2D eigenvalue weighted by atomic mass is 32.2. The van der Waals surface area contributed by atoms with Crippen LogP contribution in [0.2, 0.25) is 0 Å². The normalized spacial score (nSPS) is 27.4. The molecule has 1 unspecified atom stereocenters. The maximum absolute atomic E-state index is 10.8.